The average molecular weight is 476 g/mol. The first-order valence-corrected chi connectivity index (χ1v) is 11.8. The molecule has 0 spiro atoms. The molecule has 10 N–H and O–H groups in total. The monoisotopic (exact) mass is 475 g/mol. The Morgan fingerprint density at radius 1 is 1.03 bits per heavy atom. The van der Waals surface area contributed by atoms with Gasteiger partial charge in [-0.05, 0) is 37.2 Å². The number of nitrogens with two attached hydrogens (primary N) is 3. The highest BCUT2D eigenvalue weighted by Crippen LogP contribution is 2.10. The number of amides is 3. The summed E-state index contributed by atoms with van der Waals surface area (Å²) in [6.07, 6.45) is 3.32. The van der Waals surface area contributed by atoms with Crippen molar-refractivity contribution in [3.8, 4) is 0 Å². The second-order valence-corrected chi connectivity index (χ2v) is 8.31. The van der Waals surface area contributed by atoms with E-state index in [9.17, 15) is 24.3 Å². The number of thioether (sulfide) groups is 1. The fourth-order valence-electron chi connectivity index (χ4n) is 2.74. The van der Waals surface area contributed by atoms with E-state index in [4.69, 9.17) is 17.2 Å². The lowest BCUT2D eigenvalue weighted by Crippen LogP contribution is -2.57. The normalized spacial score (nSPS) is 14.4. The predicted octanol–water partition coefficient (Wildman–Crippen LogP) is -1.66. The predicted molar refractivity (Wildman–Crippen MR) is 125 cm³/mol. The molecular weight excluding hydrogens is 438 g/mol. The maximum absolute atomic E-state index is 12.9. The minimum Gasteiger partial charge on any atom is -0.480 e. The molecule has 0 saturated heterocycles. The Morgan fingerprint density at radius 2 is 1.62 bits per heavy atom. The molecule has 184 valence electrons. The van der Waals surface area contributed by atoms with Gasteiger partial charge in [-0.3, -0.25) is 19.4 Å². The van der Waals surface area contributed by atoms with Crippen LogP contribution < -0.4 is 33.2 Å². The van der Waals surface area contributed by atoms with E-state index >= 15 is 0 Å². The van der Waals surface area contributed by atoms with Crippen LogP contribution in [0.5, 0.6) is 0 Å². The largest absolute Gasteiger partial charge is 0.480 e. The molecule has 12 nitrogen and oxygen atoms in total. The highest BCUT2D eigenvalue weighted by atomic mass is 32.2. The van der Waals surface area contributed by atoms with Crippen LogP contribution >= 0.6 is 11.8 Å². The second kappa shape index (κ2) is 16.1. The van der Waals surface area contributed by atoms with Crippen LogP contribution in [0.15, 0.2) is 4.99 Å². The van der Waals surface area contributed by atoms with Crippen molar-refractivity contribution < 1.29 is 24.3 Å². The topological polar surface area (TPSA) is 215 Å². The van der Waals surface area contributed by atoms with Crippen LogP contribution in [0.2, 0.25) is 0 Å². The van der Waals surface area contributed by atoms with E-state index in [-0.39, 0.29) is 37.8 Å². The van der Waals surface area contributed by atoms with Crippen LogP contribution in [0.3, 0.4) is 0 Å². The molecule has 0 radical (unpaired) electrons. The summed E-state index contributed by atoms with van der Waals surface area (Å²) in [4.78, 5) is 52.8. The van der Waals surface area contributed by atoms with E-state index in [0.717, 1.165) is 0 Å². The number of nitrogens with zero attached hydrogens (tertiary/aromatic N) is 1. The molecule has 0 fully saturated rings. The molecule has 0 aliphatic rings. The lowest BCUT2D eigenvalue weighted by molar-refractivity contribution is -0.143. The summed E-state index contributed by atoms with van der Waals surface area (Å²) in [6.45, 7) is 3.51. The zero-order valence-electron chi connectivity index (χ0n) is 18.9. The Morgan fingerprint density at radius 3 is 2.12 bits per heavy atom. The molecule has 13 heteroatoms. The first-order valence-electron chi connectivity index (χ1n) is 10.4. The summed E-state index contributed by atoms with van der Waals surface area (Å²) in [5.74, 6) is -2.66. The zero-order chi connectivity index (χ0) is 24.7. The standard InChI is InChI=1S/C19H37N7O5S/c1-4-11(2)15(18(30)31)26-17(29)13(7-9-32-3)25-16(28)12(24-14(27)10-20)6-5-8-23-19(21)22/h11-13,15H,4-10,20H2,1-3H3,(H,24,27)(H,25,28)(H,26,29)(H,30,31)(H4,21,22,23). The number of hydrogen-bond donors (Lipinski definition) is 7. The molecule has 0 rings (SSSR count). The minimum atomic E-state index is -1.14. The van der Waals surface area contributed by atoms with Gasteiger partial charge >= 0.3 is 5.97 Å². The van der Waals surface area contributed by atoms with Gasteiger partial charge in [0.05, 0.1) is 6.54 Å². The van der Waals surface area contributed by atoms with E-state index in [2.05, 4.69) is 20.9 Å². The van der Waals surface area contributed by atoms with E-state index < -0.39 is 41.8 Å². The third kappa shape index (κ3) is 11.7. The van der Waals surface area contributed by atoms with E-state index in [1.165, 1.54) is 11.8 Å². The number of nitrogens with one attached hydrogen (secondary N) is 3. The third-order valence-electron chi connectivity index (χ3n) is 4.80. The van der Waals surface area contributed by atoms with Gasteiger partial charge in [0.25, 0.3) is 0 Å². The number of carboxylic acid groups (broad SMARTS) is 1. The molecule has 0 aliphatic heterocycles. The van der Waals surface area contributed by atoms with Crippen molar-refractivity contribution >= 4 is 41.4 Å². The Labute approximate surface area is 192 Å². The third-order valence-corrected chi connectivity index (χ3v) is 5.45. The van der Waals surface area contributed by atoms with Crippen LogP contribution in [0.25, 0.3) is 0 Å². The van der Waals surface area contributed by atoms with Gasteiger partial charge in [-0.1, -0.05) is 20.3 Å². The van der Waals surface area contributed by atoms with Gasteiger partial charge in [0.1, 0.15) is 18.1 Å². The van der Waals surface area contributed by atoms with Crippen molar-refractivity contribution in [2.75, 3.05) is 25.1 Å². The Kier molecular flexibility index (Phi) is 14.9. The molecular formula is C19H37N7O5S. The summed E-state index contributed by atoms with van der Waals surface area (Å²) in [7, 11) is 0. The van der Waals surface area contributed by atoms with Gasteiger partial charge in [-0.2, -0.15) is 11.8 Å². The number of aliphatic carboxylic acids is 1. The first-order chi connectivity index (χ1) is 15.1. The van der Waals surface area contributed by atoms with Crippen molar-refractivity contribution in [1.82, 2.24) is 16.0 Å². The number of aliphatic imine (C=N–C) groups is 1. The molecule has 0 heterocycles. The highest BCUT2D eigenvalue weighted by molar-refractivity contribution is 7.98. The van der Waals surface area contributed by atoms with Gasteiger partial charge < -0.3 is 38.3 Å². The van der Waals surface area contributed by atoms with E-state index in [0.29, 0.717) is 18.6 Å². The number of guanidine groups is 1. The smallest absolute Gasteiger partial charge is 0.326 e. The van der Waals surface area contributed by atoms with Crippen LogP contribution in [-0.2, 0) is 19.2 Å². The van der Waals surface area contributed by atoms with Gasteiger partial charge in [-0.25, -0.2) is 4.79 Å². The van der Waals surface area contributed by atoms with Gasteiger partial charge in [0.2, 0.25) is 17.7 Å². The fourth-order valence-corrected chi connectivity index (χ4v) is 3.21. The Hall–Kier alpha value is -2.54. The summed E-state index contributed by atoms with van der Waals surface area (Å²) < 4.78 is 0. The molecule has 0 aromatic rings. The van der Waals surface area contributed by atoms with Crippen molar-refractivity contribution in [2.45, 2.75) is 57.7 Å². The van der Waals surface area contributed by atoms with Crippen molar-refractivity contribution in [3.63, 3.8) is 0 Å². The Bertz CT molecular complexity index is 658. The molecule has 0 bridgehead atoms. The molecule has 4 unspecified atom stereocenters. The fraction of sp³-hybridized carbons (Fsp3) is 0.737. The van der Waals surface area contributed by atoms with E-state index in [1.54, 1.807) is 6.92 Å². The molecule has 32 heavy (non-hydrogen) atoms. The number of carbonyl (C=O) groups is 4. The molecule has 0 aliphatic carbocycles. The number of carbonyl (C=O) groups excluding carboxylic acids is 3. The molecule has 3 amide bonds. The van der Waals surface area contributed by atoms with Gasteiger partial charge in [0.15, 0.2) is 5.96 Å². The maximum Gasteiger partial charge on any atom is 0.326 e. The molecule has 0 aromatic heterocycles. The zero-order valence-corrected chi connectivity index (χ0v) is 19.7. The number of rotatable bonds is 16. The van der Waals surface area contributed by atoms with Crippen LogP contribution in [-0.4, -0.2) is 78.0 Å². The maximum atomic E-state index is 12.9. The highest BCUT2D eigenvalue weighted by Gasteiger charge is 2.31. The average Bonchev–Trinajstić information content (AvgIpc) is 2.75. The summed E-state index contributed by atoms with van der Waals surface area (Å²) in [5.41, 5.74) is 15.9. The van der Waals surface area contributed by atoms with Crippen molar-refractivity contribution in [3.05, 3.63) is 0 Å². The first kappa shape index (κ1) is 29.5. The molecule has 0 saturated carbocycles. The lowest BCUT2D eigenvalue weighted by Gasteiger charge is -2.26. The second-order valence-electron chi connectivity index (χ2n) is 7.33. The van der Waals surface area contributed by atoms with Gasteiger partial charge in [0, 0.05) is 6.54 Å². The molecule has 0 aromatic carbocycles. The van der Waals surface area contributed by atoms with Crippen LogP contribution in [0.1, 0.15) is 39.5 Å². The van der Waals surface area contributed by atoms with Crippen molar-refractivity contribution in [2.24, 2.45) is 28.1 Å². The van der Waals surface area contributed by atoms with Gasteiger partial charge in [-0.15, -0.1) is 0 Å². The van der Waals surface area contributed by atoms with Crippen molar-refractivity contribution in [1.29, 1.82) is 0 Å². The quantitative estimate of drug-likeness (QED) is 0.0771. The molecule has 4 atom stereocenters. The van der Waals surface area contributed by atoms with E-state index in [1.807, 2.05) is 13.2 Å². The summed E-state index contributed by atoms with van der Waals surface area (Å²) >= 11 is 1.48. The minimum absolute atomic E-state index is 0.0833. The number of carboxylic acids is 1. The van der Waals surface area contributed by atoms with Crippen LogP contribution in [0, 0.1) is 5.92 Å². The SMILES string of the molecule is CCC(C)C(NC(=O)C(CCSC)NC(=O)C(CCCN=C(N)N)NC(=O)CN)C(=O)O. The Balaban J connectivity index is 5.37. The summed E-state index contributed by atoms with van der Waals surface area (Å²) in [6, 6.07) is -2.99. The summed E-state index contributed by atoms with van der Waals surface area (Å²) in [5, 5.41) is 17.1. The number of hydrogen-bond acceptors (Lipinski definition) is 7. The van der Waals surface area contributed by atoms with Crippen LogP contribution in [0.4, 0.5) is 0 Å². The lowest BCUT2D eigenvalue weighted by atomic mass is 9.98.